The van der Waals surface area contributed by atoms with E-state index < -0.39 is 5.54 Å². The molecule has 0 aliphatic heterocycles. The predicted octanol–water partition coefficient (Wildman–Crippen LogP) is 2.59. The van der Waals surface area contributed by atoms with Crippen LogP contribution in [0.25, 0.3) is 0 Å². The molecule has 1 atom stereocenters. The Labute approximate surface area is 172 Å². The first-order chi connectivity index (χ1) is 13.2. The summed E-state index contributed by atoms with van der Waals surface area (Å²) < 4.78 is 0. The van der Waals surface area contributed by atoms with Gasteiger partial charge in [0, 0.05) is 30.1 Å². The van der Waals surface area contributed by atoms with Gasteiger partial charge < -0.3 is 10.2 Å². The number of hydrogen-bond acceptors (Lipinski definition) is 4. The highest BCUT2D eigenvalue weighted by Crippen LogP contribution is 2.42. The molecule has 2 amide bonds. The number of ketones is 1. The summed E-state index contributed by atoms with van der Waals surface area (Å²) in [6.07, 6.45) is 2.65. The van der Waals surface area contributed by atoms with E-state index in [2.05, 4.69) is 5.32 Å². The molecule has 0 saturated heterocycles. The van der Waals surface area contributed by atoms with Gasteiger partial charge >= 0.3 is 0 Å². The first-order valence-electron chi connectivity index (χ1n) is 9.71. The summed E-state index contributed by atoms with van der Waals surface area (Å²) in [5, 5.41) is 3.30. The fraction of sp³-hybridized carbons (Fsp3) is 0.571. The van der Waals surface area contributed by atoms with Gasteiger partial charge in [-0.05, 0) is 46.2 Å². The zero-order valence-corrected chi connectivity index (χ0v) is 17.9. The smallest absolute Gasteiger partial charge is 0.237 e. The normalized spacial score (nSPS) is 19.8. The van der Waals surface area contributed by atoms with Crippen molar-refractivity contribution in [3.63, 3.8) is 0 Å². The SMILES string of the molecule is CC(C)NC(=O)CN(C)CC(=O)N(C)C1(c2ccccc2Cl)CCCCC1=O. The van der Waals surface area contributed by atoms with Gasteiger partial charge in [0.15, 0.2) is 5.78 Å². The molecule has 6 nitrogen and oxygen atoms in total. The first-order valence-corrected chi connectivity index (χ1v) is 10.1. The number of amides is 2. The van der Waals surface area contributed by atoms with Gasteiger partial charge in [-0.25, -0.2) is 0 Å². The molecular weight excluding hydrogens is 378 g/mol. The third kappa shape index (κ3) is 4.92. The van der Waals surface area contributed by atoms with Crippen LogP contribution < -0.4 is 5.32 Å². The number of nitrogens with one attached hydrogen (secondary N) is 1. The Bertz CT molecular complexity index is 737. The van der Waals surface area contributed by atoms with Crippen molar-refractivity contribution in [2.75, 3.05) is 27.2 Å². The van der Waals surface area contributed by atoms with Crippen LogP contribution in [0.2, 0.25) is 5.02 Å². The summed E-state index contributed by atoms with van der Waals surface area (Å²) in [5.74, 6) is -0.333. The maximum atomic E-state index is 13.1. The number of rotatable bonds is 7. The molecule has 7 heteroatoms. The zero-order chi connectivity index (χ0) is 20.9. The maximum absolute atomic E-state index is 13.1. The highest BCUT2D eigenvalue weighted by Gasteiger charge is 2.47. The van der Waals surface area contributed by atoms with Crippen LogP contribution in [0.1, 0.15) is 45.1 Å². The standard InChI is InChI=1S/C21H30ClN3O3/c1-15(2)23-19(27)13-24(3)14-20(28)25(4)21(12-8-7-11-18(21)26)16-9-5-6-10-17(16)22/h5-6,9-10,15H,7-8,11-14H2,1-4H3,(H,23,27). The van der Waals surface area contributed by atoms with Crippen LogP contribution in [0, 0.1) is 0 Å². The molecule has 0 bridgehead atoms. The van der Waals surface area contributed by atoms with Crippen LogP contribution in [0.4, 0.5) is 0 Å². The number of hydrogen-bond donors (Lipinski definition) is 1. The van der Waals surface area contributed by atoms with Gasteiger partial charge in [0.05, 0.1) is 13.1 Å². The van der Waals surface area contributed by atoms with Gasteiger partial charge in [0.1, 0.15) is 5.54 Å². The van der Waals surface area contributed by atoms with Gasteiger partial charge in [-0.3, -0.25) is 19.3 Å². The Morgan fingerprint density at radius 3 is 2.46 bits per heavy atom. The Hall–Kier alpha value is -1.92. The van der Waals surface area contributed by atoms with E-state index in [1.807, 2.05) is 32.0 Å². The fourth-order valence-electron chi connectivity index (χ4n) is 3.85. The largest absolute Gasteiger partial charge is 0.353 e. The van der Waals surface area contributed by atoms with E-state index >= 15 is 0 Å². The Morgan fingerprint density at radius 2 is 1.86 bits per heavy atom. The second-order valence-corrected chi connectivity index (χ2v) is 8.22. The van der Waals surface area contributed by atoms with Crippen LogP contribution in [0.15, 0.2) is 24.3 Å². The Kier molecular flexibility index (Phi) is 7.61. The highest BCUT2D eigenvalue weighted by molar-refractivity contribution is 6.31. The number of likely N-dealkylation sites (N-methyl/N-ethyl adjacent to an activating group) is 2. The molecule has 28 heavy (non-hydrogen) atoms. The summed E-state index contributed by atoms with van der Waals surface area (Å²) in [6, 6.07) is 7.28. The number of benzene rings is 1. The van der Waals surface area contributed by atoms with Crippen LogP contribution >= 0.6 is 11.6 Å². The predicted molar refractivity (Wildman–Crippen MR) is 110 cm³/mol. The van der Waals surface area contributed by atoms with E-state index in [0.717, 1.165) is 12.8 Å². The van der Waals surface area contributed by atoms with Gasteiger partial charge in [0.2, 0.25) is 11.8 Å². The molecule has 0 heterocycles. The molecule has 154 valence electrons. The minimum absolute atomic E-state index is 0.0166. The average Bonchev–Trinajstić information content (AvgIpc) is 2.61. The number of nitrogens with zero attached hydrogens (tertiary/aromatic N) is 2. The lowest BCUT2D eigenvalue weighted by Gasteiger charge is -2.44. The minimum atomic E-state index is -1.05. The zero-order valence-electron chi connectivity index (χ0n) is 17.1. The molecule has 1 saturated carbocycles. The van der Waals surface area contributed by atoms with Gasteiger partial charge in [-0.15, -0.1) is 0 Å². The second kappa shape index (κ2) is 9.52. The molecule has 1 unspecified atom stereocenters. The summed E-state index contributed by atoms with van der Waals surface area (Å²) in [7, 11) is 3.38. The van der Waals surface area contributed by atoms with Gasteiger partial charge in [-0.2, -0.15) is 0 Å². The molecule has 0 aromatic heterocycles. The topological polar surface area (TPSA) is 69.7 Å². The third-order valence-electron chi connectivity index (χ3n) is 5.19. The molecule has 1 N–H and O–H groups in total. The lowest BCUT2D eigenvalue weighted by molar-refractivity contribution is -0.148. The molecular formula is C21H30ClN3O3. The van der Waals surface area contributed by atoms with E-state index in [0.29, 0.717) is 23.4 Å². The van der Waals surface area contributed by atoms with Crippen molar-refractivity contribution >= 4 is 29.2 Å². The Balaban J connectivity index is 2.22. The first kappa shape index (κ1) is 22.4. The highest BCUT2D eigenvalue weighted by atomic mass is 35.5. The quantitative estimate of drug-likeness (QED) is 0.754. The number of halogens is 1. The van der Waals surface area contributed by atoms with Crippen LogP contribution in [0.3, 0.4) is 0 Å². The van der Waals surface area contributed by atoms with Crippen molar-refractivity contribution in [1.82, 2.24) is 15.1 Å². The monoisotopic (exact) mass is 407 g/mol. The number of carbonyl (C=O) groups excluding carboxylic acids is 3. The van der Waals surface area contributed by atoms with Crippen molar-refractivity contribution in [3.8, 4) is 0 Å². The van der Waals surface area contributed by atoms with Crippen LogP contribution in [-0.4, -0.2) is 60.6 Å². The maximum Gasteiger partial charge on any atom is 0.237 e. The lowest BCUT2D eigenvalue weighted by atomic mass is 9.74. The molecule has 1 aromatic rings. The average molecular weight is 408 g/mol. The van der Waals surface area contributed by atoms with E-state index in [4.69, 9.17) is 11.6 Å². The lowest BCUT2D eigenvalue weighted by Crippen LogP contribution is -2.56. The number of carbonyl (C=O) groups is 3. The van der Waals surface area contributed by atoms with E-state index in [-0.39, 0.29) is 36.7 Å². The summed E-state index contributed by atoms with van der Waals surface area (Å²) in [5.41, 5.74) is -0.369. The summed E-state index contributed by atoms with van der Waals surface area (Å²) in [4.78, 5) is 41.3. The third-order valence-corrected chi connectivity index (χ3v) is 5.52. The van der Waals surface area contributed by atoms with Crippen molar-refractivity contribution in [2.45, 2.75) is 51.1 Å². The van der Waals surface area contributed by atoms with Crippen molar-refractivity contribution in [3.05, 3.63) is 34.9 Å². The minimum Gasteiger partial charge on any atom is -0.353 e. The molecule has 1 aromatic carbocycles. The van der Waals surface area contributed by atoms with Crippen LogP contribution in [-0.2, 0) is 19.9 Å². The van der Waals surface area contributed by atoms with Gasteiger partial charge in [0.25, 0.3) is 0 Å². The molecule has 0 spiro atoms. The van der Waals surface area contributed by atoms with E-state index in [1.165, 1.54) is 4.90 Å². The number of Topliss-reactive ketones (excluding diaryl/α,β-unsaturated/α-hetero) is 1. The van der Waals surface area contributed by atoms with Crippen molar-refractivity contribution in [1.29, 1.82) is 0 Å². The van der Waals surface area contributed by atoms with Gasteiger partial charge in [-0.1, -0.05) is 29.8 Å². The second-order valence-electron chi connectivity index (χ2n) is 7.82. The molecule has 1 aliphatic carbocycles. The van der Waals surface area contributed by atoms with E-state index in [1.54, 1.807) is 25.1 Å². The molecule has 2 rings (SSSR count). The van der Waals surface area contributed by atoms with Crippen LogP contribution in [0.5, 0.6) is 0 Å². The van der Waals surface area contributed by atoms with Crippen molar-refractivity contribution < 1.29 is 14.4 Å². The fourth-order valence-corrected chi connectivity index (χ4v) is 4.14. The Morgan fingerprint density at radius 1 is 1.18 bits per heavy atom. The van der Waals surface area contributed by atoms with Crippen molar-refractivity contribution in [2.24, 2.45) is 0 Å². The summed E-state index contributed by atoms with van der Waals surface area (Å²) >= 11 is 6.43. The molecule has 1 aliphatic rings. The molecule has 1 fully saturated rings. The molecule has 0 radical (unpaired) electrons. The van der Waals surface area contributed by atoms with E-state index in [9.17, 15) is 14.4 Å². The summed E-state index contributed by atoms with van der Waals surface area (Å²) in [6.45, 7) is 3.93.